The van der Waals surface area contributed by atoms with E-state index in [9.17, 15) is 9.59 Å². The van der Waals surface area contributed by atoms with Crippen LogP contribution < -0.4 is 5.48 Å². The fourth-order valence-corrected chi connectivity index (χ4v) is 3.29. The van der Waals surface area contributed by atoms with Crippen molar-refractivity contribution in [1.82, 2.24) is 10.4 Å². The summed E-state index contributed by atoms with van der Waals surface area (Å²) in [6.45, 7) is 2.61. The molecule has 1 unspecified atom stereocenters. The second-order valence-electron chi connectivity index (χ2n) is 6.96. The molecule has 28 heavy (non-hydrogen) atoms. The molecule has 0 saturated carbocycles. The minimum absolute atomic E-state index is 0.294. The number of hydrogen-bond acceptors (Lipinski definition) is 6. The Hall–Kier alpha value is -2.16. The average Bonchev–Trinajstić information content (AvgIpc) is 2.75. The molecule has 1 saturated heterocycles. The zero-order chi connectivity index (χ0) is 19.8. The van der Waals surface area contributed by atoms with Crippen molar-refractivity contribution in [3.63, 3.8) is 0 Å². The second-order valence-corrected chi connectivity index (χ2v) is 6.96. The van der Waals surface area contributed by atoms with E-state index in [2.05, 4.69) is 5.48 Å². The van der Waals surface area contributed by atoms with Gasteiger partial charge in [0, 0.05) is 51.8 Å². The number of rotatable bonds is 7. The van der Waals surface area contributed by atoms with Crippen molar-refractivity contribution >= 4 is 12.0 Å². The number of hydroxylamine groups is 1. The Morgan fingerprint density at radius 2 is 2.14 bits per heavy atom. The quantitative estimate of drug-likeness (QED) is 0.566. The van der Waals surface area contributed by atoms with E-state index in [0.29, 0.717) is 51.3 Å². The van der Waals surface area contributed by atoms with Gasteiger partial charge in [0.1, 0.15) is 0 Å². The van der Waals surface area contributed by atoms with Gasteiger partial charge in [-0.15, -0.1) is 0 Å². The smallest absolute Gasteiger partial charge is 0.410 e. The average molecular weight is 392 g/mol. The van der Waals surface area contributed by atoms with Crippen LogP contribution in [0, 0.1) is 0 Å². The molecule has 1 aromatic carbocycles. The number of nitrogens with one attached hydrogen (secondary N) is 1. The van der Waals surface area contributed by atoms with Gasteiger partial charge in [0.2, 0.25) is 0 Å². The Kier molecular flexibility index (Phi) is 7.64. The normalized spacial score (nSPS) is 19.0. The van der Waals surface area contributed by atoms with E-state index in [1.807, 2.05) is 12.1 Å². The molecule has 3 rings (SSSR count). The number of hydrogen-bond donors (Lipinski definition) is 1. The summed E-state index contributed by atoms with van der Waals surface area (Å²) in [5, 5.41) is 0. The van der Waals surface area contributed by atoms with Crippen LogP contribution in [0.3, 0.4) is 0 Å². The van der Waals surface area contributed by atoms with Crippen LogP contribution in [0.1, 0.15) is 47.2 Å². The first kappa shape index (κ1) is 20.6. The maximum Gasteiger partial charge on any atom is 0.410 e. The van der Waals surface area contributed by atoms with Gasteiger partial charge < -0.3 is 19.1 Å². The molecule has 0 aliphatic carbocycles. The van der Waals surface area contributed by atoms with E-state index in [-0.39, 0.29) is 18.3 Å². The molecule has 1 N–H and O–H groups in total. The molecule has 0 bridgehead atoms. The van der Waals surface area contributed by atoms with Gasteiger partial charge in [-0.3, -0.25) is 4.79 Å². The minimum Gasteiger partial charge on any atom is -0.449 e. The maximum atomic E-state index is 12.3. The van der Waals surface area contributed by atoms with Gasteiger partial charge in [-0.1, -0.05) is 6.07 Å². The van der Waals surface area contributed by atoms with Crippen LogP contribution in [0.5, 0.6) is 0 Å². The molecular weight excluding hydrogens is 364 g/mol. The summed E-state index contributed by atoms with van der Waals surface area (Å²) in [5.74, 6) is -0.294. The van der Waals surface area contributed by atoms with Crippen molar-refractivity contribution in [1.29, 1.82) is 0 Å². The first-order chi connectivity index (χ1) is 13.7. The highest BCUT2D eigenvalue weighted by atomic mass is 16.8. The highest BCUT2D eigenvalue weighted by Crippen LogP contribution is 2.21. The van der Waals surface area contributed by atoms with Crippen molar-refractivity contribution in [3.8, 4) is 0 Å². The molecule has 154 valence electrons. The van der Waals surface area contributed by atoms with E-state index in [0.717, 1.165) is 30.4 Å². The standard InChI is InChI=1S/C20H28N2O6/c1-25-10-4-12-27-20(24)22-9-8-15-13-16(6-7-17(15)14-22)19(23)21-28-18-5-2-3-11-26-18/h6-7,13,18H,2-5,8-12,14H2,1H3,(H,21,23). The minimum atomic E-state index is -0.376. The Bertz CT molecular complexity index is 675. The summed E-state index contributed by atoms with van der Waals surface area (Å²) < 4.78 is 15.6. The molecule has 0 radical (unpaired) electrons. The zero-order valence-electron chi connectivity index (χ0n) is 16.3. The lowest BCUT2D eigenvalue weighted by atomic mass is 9.97. The molecule has 2 heterocycles. The van der Waals surface area contributed by atoms with E-state index >= 15 is 0 Å². The summed E-state index contributed by atoms with van der Waals surface area (Å²) in [6, 6.07) is 5.48. The summed E-state index contributed by atoms with van der Waals surface area (Å²) in [5.41, 5.74) is 5.09. The fourth-order valence-electron chi connectivity index (χ4n) is 3.29. The number of methoxy groups -OCH3 is 1. The van der Waals surface area contributed by atoms with Crippen LogP contribution in [0.15, 0.2) is 18.2 Å². The summed E-state index contributed by atoms with van der Waals surface area (Å²) >= 11 is 0. The molecule has 8 heteroatoms. The number of fused-ring (bicyclic) bond motifs is 1. The predicted molar refractivity (Wildman–Crippen MR) is 101 cm³/mol. The van der Waals surface area contributed by atoms with Crippen molar-refractivity contribution in [2.75, 3.05) is 33.5 Å². The molecule has 2 aliphatic heterocycles. The first-order valence-electron chi connectivity index (χ1n) is 9.77. The molecule has 0 aromatic heterocycles. The largest absolute Gasteiger partial charge is 0.449 e. The molecular formula is C20H28N2O6. The van der Waals surface area contributed by atoms with E-state index in [1.54, 1.807) is 18.1 Å². The number of benzene rings is 1. The molecule has 2 aliphatic rings. The highest BCUT2D eigenvalue weighted by Gasteiger charge is 2.23. The van der Waals surface area contributed by atoms with E-state index in [4.69, 9.17) is 19.0 Å². The molecule has 2 amide bonds. The van der Waals surface area contributed by atoms with Crippen molar-refractivity contribution < 1.29 is 28.6 Å². The lowest BCUT2D eigenvalue weighted by Gasteiger charge is -2.28. The van der Waals surface area contributed by atoms with Crippen molar-refractivity contribution in [3.05, 3.63) is 34.9 Å². The van der Waals surface area contributed by atoms with Crippen LogP contribution in [-0.4, -0.2) is 56.7 Å². The highest BCUT2D eigenvalue weighted by molar-refractivity contribution is 5.93. The number of carbonyl (C=O) groups excluding carboxylic acids is 2. The number of amides is 2. The van der Waals surface area contributed by atoms with Gasteiger partial charge in [-0.05, 0) is 42.5 Å². The lowest BCUT2D eigenvalue weighted by molar-refractivity contribution is -0.186. The molecule has 1 aromatic rings. The Labute approximate surface area is 165 Å². The van der Waals surface area contributed by atoms with Crippen molar-refractivity contribution in [2.24, 2.45) is 0 Å². The van der Waals surface area contributed by atoms with Crippen LogP contribution in [0.4, 0.5) is 4.79 Å². The number of ether oxygens (including phenoxy) is 3. The Morgan fingerprint density at radius 3 is 2.93 bits per heavy atom. The monoisotopic (exact) mass is 392 g/mol. The van der Waals surface area contributed by atoms with Crippen LogP contribution in [0.25, 0.3) is 0 Å². The Balaban J connectivity index is 1.50. The predicted octanol–water partition coefficient (Wildman–Crippen LogP) is 2.41. The second kappa shape index (κ2) is 10.4. The van der Waals surface area contributed by atoms with Gasteiger partial charge in [-0.25, -0.2) is 15.1 Å². The molecule has 0 spiro atoms. The SMILES string of the molecule is COCCCOC(=O)N1CCc2cc(C(=O)NOC3CCCCO3)ccc2C1. The maximum absolute atomic E-state index is 12.3. The topological polar surface area (TPSA) is 86.3 Å². The van der Waals surface area contributed by atoms with Gasteiger partial charge in [-0.2, -0.15) is 0 Å². The van der Waals surface area contributed by atoms with E-state index in [1.165, 1.54) is 0 Å². The molecule has 1 fully saturated rings. The third-order valence-corrected chi connectivity index (χ3v) is 4.88. The van der Waals surface area contributed by atoms with Gasteiger partial charge in [0.15, 0.2) is 6.29 Å². The summed E-state index contributed by atoms with van der Waals surface area (Å²) in [4.78, 5) is 31.5. The molecule has 1 atom stereocenters. The fraction of sp³-hybridized carbons (Fsp3) is 0.600. The van der Waals surface area contributed by atoms with Crippen LogP contribution in [-0.2, 0) is 32.0 Å². The van der Waals surface area contributed by atoms with Crippen LogP contribution in [0.2, 0.25) is 0 Å². The summed E-state index contributed by atoms with van der Waals surface area (Å²) in [7, 11) is 1.62. The summed E-state index contributed by atoms with van der Waals surface area (Å²) in [6.07, 6.45) is 3.50. The zero-order valence-corrected chi connectivity index (χ0v) is 16.3. The Morgan fingerprint density at radius 1 is 1.25 bits per heavy atom. The molecule has 8 nitrogen and oxygen atoms in total. The van der Waals surface area contributed by atoms with Gasteiger partial charge in [0.05, 0.1) is 6.61 Å². The lowest BCUT2D eigenvalue weighted by Crippen LogP contribution is -2.37. The third-order valence-electron chi connectivity index (χ3n) is 4.88. The van der Waals surface area contributed by atoms with Gasteiger partial charge >= 0.3 is 6.09 Å². The number of carbonyl (C=O) groups is 2. The van der Waals surface area contributed by atoms with Gasteiger partial charge in [0.25, 0.3) is 5.91 Å². The first-order valence-corrected chi connectivity index (χ1v) is 9.77. The third kappa shape index (κ3) is 5.67. The van der Waals surface area contributed by atoms with E-state index < -0.39 is 0 Å². The number of nitrogens with zero attached hydrogens (tertiary/aromatic N) is 1. The van der Waals surface area contributed by atoms with Crippen molar-refractivity contribution in [2.45, 2.75) is 44.9 Å². The van der Waals surface area contributed by atoms with Crippen LogP contribution >= 0.6 is 0 Å².